The largest absolute Gasteiger partial charge is 0.507 e. The van der Waals surface area contributed by atoms with Crippen LogP contribution >= 0.6 is 0 Å². The zero-order valence-electron chi connectivity index (χ0n) is 18.9. The van der Waals surface area contributed by atoms with E-state index in [4.69, 9.17) is 9.47 Å². The fraction of sp³-hybridized carbons (Fsp3) is 0.222. The van der Waals surface area contributed by atoms with Gasteiger partial charge in [-0.3, -0.25) is 14.6 Å². The maximum Gasteiger partial charge on any atom is 0.295 e. The maximum absolute atomic E-state index is 13.3. The molecular weight excluding hydrogens is 432 g/mol. The average Bonchev–Trinajstić information content (AvgIpc) is 3.35. The summed E-state index contributed by atoms with van der Waals surface area (Å²) in [6, 6.07) is 15.3. The molecule has 7 nitrogen and oxygen atoms in total. The third-order valence-electron chi connectivity index (χ3n) is 6.25. The molecule has 0 aliphatic carbocycles. The Balaban J connectivity index is 1.66. The van der Waals surface area contributed by atoms with Crippen molar-refractivity contribution in [3.05, 3.63) is 94.8 Å². The molecule has 2 aromatic carbocycles. The molecule has 7 heteroatoms. The molecule has 172 valence electrons. The molecule has 34 heavy (non-hydrogen) atoms. The van der Waals surface area contributed by atoms with E-state index in [2.05, 4.69) is 4.98 Å². The number of amides is 1. The highest BCUT2D eigenvalue weighted by molar-refractivity contribution is 6.46. The van der Waals surface area contributed by atoms with Gasteiger partial charge in [0, 0.05) is 36.5 Å². The van der Waals surface area contributed by atoms with Crippen molar-refractivity contribution in [3.63, 3.8) is 0 Å². The molecule has 2 atom stereocenters. The van der Waals surface area contributed by atoms with Gasteiger partial charge < -0.3 is 19.5 Å². The number of ketones is 1. The van der Waals surface area contributed by atoms with Crippen molar-refractivity contribution in [1.29, 1.82) is 0 Å². The molecule has 1 aromatic heterocycles. The van der Waals surface area contributed by atoms with Crippen LogP contribution in [0.4, 0.5) is 0 Å². The molecule has 0 bridgehead atoms. The number of pyridine rings is 1. The predicted molar refractivity (Wildman–Crippen MR) is 125 cm³/mol. The molecule has 3 heterocycles. The maximum atomic E-state index is 13.3. The van der Waals surface area contributed by atoms with Crippen molar-refractivity contribution >= 4 is 17.4 Å². The third kappa shape index (κ3) is 3.69. The summed E-state index contributed by atoms with van der Waals surface area (Å²) < 4.78 is 11.3. The quantitative estimate of drug-likeness (QED) is 0.354. The Kier molecular flexibility index (Phi) is 5.53. The number of aliphatic hydroxyl groups excluding tert-OH is 1. The Bertz CT molecular complexity index is 1300. The lowest BCUT2D eigenvalue weighted by Crippen LogP contribution is -2.29. The Morgan fingerprint density at radius 2 is 1.91 bits per heavy atom. The number of nitrogens with zero attached hydrogens (tertiary/aromatic N) is 2. The second-order valence-corrected chi connectivity index (χ2v) is 8.48. The number of aromatic nitrogens is 1. The lowest BCUT2D eigenvalue weighted by atomic mass is 9.93. The molecule has 1 amide bonds. The Hall–Kier alpha value is -4.13. The minimum absolute atomic E-state index is 0.0375. The first-order valence-electron chi connectivity index (χ1n) is 11.1. The number of methoxy groups -OCH3 is 1. The van der Waals surface area contributed by atoms with Gasteiger partial charge in [-0.05, 0) is 54.4 Å². The van der Waals surface area contributed by atoms with Gasteiger partial charge in [-0.1, -0.05) is 18.2 Å². The van der Waals surface area contributed by atoms with Crippen LogP contribution in [0.1, 0.15) is 35.2 Å². The van der Waals surface area contributed by atoms with Crippen molar-refractivity contribution in [2.75, 3.05) is 7.11 Å². The summed E-state index contributed by atoms with van der Waals surface area (Å²) in [7, 11) is 1.54. The number of Topliss-reactive ketones (excluding diaryl/α,β-unsaturated/α-hetero) is 1. The molecule has 1 saturated heterocycles. The highest BCUT2D eigenvalue weighted by Gasteiger charge is 2.47. The average molecular weight is 456 g/mol. The van der Waals surface area contributed by atoms with Crippen molar-refractivity contribution in [1.82, 2.24) is 9.88 Å². The van der Waals surface area contributed by atoms with Gasteiger partial charge in [0.1, 0.15) is 23.4 Å². The Morgan fingerprint density at radius 3 is 2.68 bits per heavy atom. The van der Waals surface area contributed by atoms with Crippen LogP contribution in [0.15, 0.2) is 72.6 Å². The molecule has 2 aliphatic heterocycles. The highest BCUT2D eigenvalue weighted by Crippen LogP contribution is 2.44. The third-order valence-corrected chi connectivity index (χ3v) is 6.25. The SMILES string of the molecule is COc1ccccc1C1/C(=C(/O)c2ccc3c(c2)CC(C)O3)C(=O)C(=O)N1Cc1ccncc1. The summed E-state index contributed by atoms with van der Waals surface area (Å²) >= 11 is 0. The number of ether oxygens (including phenoxy) is 2. The number of fused-ring (bicyclic) bond motifs is 1. The van der Waals surface area contributed by atoms with Crippen molar-refractivity contribution in [3.8, 4) is 11.5 Å². The van der Waals surface area contributed by atoms with E-state index in [1.54, 1.807) is 48.8 Å². The van der Waals surface area contributed by atoms with Gasteiger partial charge in [-0.15, -0.1) is 0 Å². The van der Waals surface area contributed by atoms with Crippen LogP contribution in [0, 0.1) is 0 Å². The van der Waals surface area contributed by atoms with Crippen LogP contribution < -0.4 is 9.47 Å². The monoisotopic (exact) mass is 456 g/mol. The normalized spacial score (nSPS) is 20.8. The van der Waals surface area contributed by atoms with Crippen molar-refractivity contribution in [2.24, 2.45) is 0 Å². The standard InChI is InChI=1S/C27H24N2O5/c1-16-13-19-14-18(7-8-21(19)34-16)25(30)23-24(20-5-3-4-6-22(20)33-2)29(27(32)26(23)31)15-17-9-11-28-12-10-17/h3-12,14,16,24,30H,13,15H2,1-2H3/b25-23-. The van der Waals surface area contributed by atoms with Crippen LogP contribution in [0.5, 0.6) is 11.5 Å². The molecular formula is C27H24N2O5. The van der Waals surface area contributed by atoms with Gasteiger partial charge in [-0.2, -0.15) is 0 Å². The zero-order chi connectivity index (χ0) is 23.8. The first-order valence-corrected chi connectivity index (χ1v) is 11.1. The molecule has 0 radical (unpaired) electrons. The molecule has 1 fully saturated rings. The van der Waals surface area contributed by atoms with Crippen LogP contribution in [0.3, 0.4) is 0 Å². The molecule has 3 aromatic rings. The van der Waals surface area contributed by atoms with Gasteiger partial charge in [0.25, 0.3) is 11.7 Å². The molecule has 0 saturated carbocycles. The Labute approximate surface area is 197 Å². The summed E-state index contributed by atoms with van der Waals surface area (Å²) in [4.78, 5) is 32.0. The predicted octanol–water partition coefficient (Wildman–Crippen LogP) is 4.04. The number of carbonyl (C=O) groups excluding carboxylic acids is 2. The van der Waals surface area contributed by atoms with E-state index in [9.17, 15) is 14.7 Å². The van der Waals surface area contributed by atoms with Gasteiger partial charge in [-0.25, -0.2) is 0 Å². The summed E-state index contributed by atoms with van der Waals surface area (Å²) in [5, 5.41) is 11.4. The fourth-order valence-electron chi connectivity index (χ4n) is 4.67. The number of likely N-dealkylation sites (tertiary alicyclic amines) is 1. The summed E-state index contributed by atoms with van der Waals surface area (Å²) in [5.41, 5.74) is 2.91. The Morgan fingerprint density at radius 1 is 1.15 bits per heavy atom. The zero-order valence-corrected chi connectivity index (χ0v) is 18.9. The number of benzene rings is 2. The van der Waals surface area contributed by atoms with E-state index >= 15 is 0 Å². The lowest BCUT2D eigenvalue weighted by Gasteiger charge is -2.26. The number of carbonyl (C=O) groups is 2. The van der Waals surface area contributed by atoms with Crippen LogP contribution in [0.25, 0.3) is 5.76 Å². The van der Waals surface area contributed by atoms with Gasteiger partial charge in [0.15, 0.2) is 0 Å². The van der Waals surface area contributed by atoms with Gasteiger partial charge >= 0.3 is 0 Å². The van der Waals surface area contributed by atoms with Crippen LogP contribution in [-0.4, -0.2) is 39.9 Å². The topological polar surface area (TPSA) is 89.0 Å². The van der Waals surface area contributed by atoms with E-state index in [0.717, 1.165) is 16.9 Å². The second-order valence-electron chi connectivity index (χ2n) is 8.48. The summed E-state index contributed by atoms with van der Waals surface area (Å²) in [6.07, 6.45) is 4.03. The molecule has 2 aliphatic rings. The number of hydrogen-bond donors (Lipinski definition) is 1. The minimum atomic E-state index is -0.812. The second kappa shape index (κ2) is 8.67. The first kappa shape index (κ1) is 21.7. The van der Waals surface area contributed by atoms with Crippen molar-refractivity contribution in [2.45, 2.75) is 32.0 Å². The summed E-state index contributed by atoms with van der Waals surface area (Å²) in [6.45, 7) is 2.16. The van der Waals surface area contributed by atoms with Crippen LogP contribution in [0.2, 0.25) is 0 Å². The molecule has 2 unspecified atom stereocenters. The summed E-state index contributed by atoms with van der Waals surface area (Å²) in [5.74, 6) is -0.325. The molecule has 1 N–H and O–H groups in total. The van der Waals surface area contributed by atoms with Gasteiger partial charge in [0.2, 0.25) is 0 Å². The van der Waals surface area contributed by atoms with E-state index in [1.807, 2.05) is 25.1 Å². The van der Waals surface area contributed by atoms with E-state index in [0.29, 0.717) is 23.3 Å². The molecule has 0 spiro atoms. The fourth-order valence-corrected chi connectivity index (χ4v) is 4.67. The first-order chi connectivity index (χ1) is 16.5. The highest BCUT2D eigenvalue weighted by atomic mass is 16.5. The van der Waals surface area contributed by atoms with Gasteiger partial charge in [0.05, 0.1) is 18.7 Å². The van der Waals surface area contributed by atoms with Crippen LogP contribution in [-0.2, 0) is 22.6 Å². The number of para-hydroxylation sites is 1. The van der Waals surface area contributed by atoms with E-state index in [-0.39, 0.29) is 24.0 Å². The minimum Gasteiger partial charge on any atom is -0.507 e. The van der Waals surface area contributed by atoms with E-state index in [1.165, 1.54) is 12.0 Å². The molecule has 5 rings (SSSR count). The number of aliphatic hydroxyl groups is 1. The van der Waals surface area contributed by atoms with Crippen molar-refractivity contribution < 1.29 is 24.2 Å². The number of hydrogen-bond acceptors (Lipinski definition) is 6. The number of rotatable bonds is 5. The lowest BCUT2D eigenvalue weighted by molar-refractivity contribution is -0.140. The van der Waals surface area contributed by atoms with E-state index < -0.39 is 17.7 Å². The smallest absolute Gasteiger partial charge is 0.295 e.